The number of ether oxygens (including phenoxy) is 1. The molecule has 0 saturated carbocycles. The predicted octanol–water partition coefficient (Wildman–Crippen LogP) is 3.77. The summed E-state index contributed by atoms with van der Waals surface area (Å²) in [5.74, 6) is -1.27. The van der Waals surface area contributed by atoms with Gasteiger partial charge in [-0.15, -0.1) is 0 Å². The van der Waals surface area contributed by atoms with Crippen molar-refractivity contribution >= 4 is 11.6 Å². The average molecular weight is 449 g/mol. The van der Waals surface area contributed by atoms with Gasteiger partial charge in [0.05, 0.1) is 11.7 Å². The van der Waals surface area contributed by atoms with Gasteiger partial charge in [-0.1, -0.05) is 6.07 Å². The normalized spacial score (nSPS) is 15.3. The molecule has 168 valence electrons. The lowest BCUT2D eigenvalue weighted by Gasteiger charge is -2.31. The quantitative estimate of drug-likeness (QED) is 0.571. The van der Waals surface area contributed by atoms with Gasteiger partial charge in [0.25, 0.3) is 11.5 Å². The number of carbonyl (C=O) groups is 1. The van der Waals surface area contributed by atoms with Crippen LogP contribution in [0.2, 0.25) is 0 Å². The van der Waals surface area contributed by atoms with Crippen molar-refractivity contribution in [1.82, 2.24) is 14.3 Å². The highest BCUT2D eigenvalue weighted by atomic mass is 19.4. The number of piperidine rings is 1. The molecule has 32 heavy (non-hydrogen) atoms. The molecule has 1 aliphatic rings. The number of benzene rings is 1. The molecule has 1 fully saturated rings. The average Bonchev–Trinajstić information content (AvgIpc) is 2.77. The molecule has 1 amide bonds. The first-order chi connectivity index (χ1) is 15.2. The number of amides is 1. The standard InChI is InChI=1S/C22H19F4N3O3/c1-32-14-6-9-28(10-7-14)21(31)16-5-4-13(11-17(16)23)15-3-2-8-29-19(30)12-18(22(24,25)26)27-20(15)29/h2-5,8,11-12,14H,6-7,9-10H2,1H3. The number of methoxy groups -OCH3 is 1. The maximum atomic E-state index is 14.9. The zero-order valence-corrected chi connectivity index (χ0v) is 17.0. The van der Waals surface area contributed by atoms with Gasteiger partial charge >= 0.3 is 6.18 Å². The maximum absolute atomic E-state index is 14.9. The minimum Gasteiger partial charge on any atom is -0.381 e. The fourth-order valence-corrected chi connectivity index (χ4v) is 3.82. The summed E-state index contributed by atoms with van der Waals surface area (Å²) in [5, 5.41) is 0. The van der Waals surface area contributed by atoms with Crippen LogP contribution in [0.15, 0.2) is 47.4 Å². The summed E-state index contributed by atoms with van der Waals surface area (Å²) in [7, 11) is 1.61. The van der Waals surface area contributed by atoms with Crippen molar-refractivity contribution in [2.24, 2.45) is 0 Å². The van der Waals surface area contributed by atoms with E-state index in [0.717, 1.165) is 10.5 Å². The monoisotopic (exact) mass is 449 g/mol. The number of halogens is 4. The van der Waals surface area contributed by atoms with Gasteiger partial charge in [-0.3, -0.25) is 14.0 Å². The van der Waals surface area contributed by atoms with E-state index in [9.17, 15) is 27.2 Å². The number of rotatable bonds is 3. The van der Waals surface area contributed by atoms with E-state index in [-0.39, 0.29) is 28.4 Å². The fourth-order valence-electron chi connectivity index (χ4n) is 3.82. The van der Waals surface area contributed by atoms with Crippen molar-refractivity contribution in [3.8, 4) is 11.1 Å². The molecule has 1 aromatic carbocycles. The molecule has 3 aromatic rings. The third kappa shape index (κ3) is 4.10. The highest BCUT2D eigenvalue weighted by Gasteiger charge is 2.34. The van der Waals surface area contributed by atoms with Crippen molar-refractivity contribution in [1.29, 1.82) is 0 Å². The third-order valence-corrected chi connectivity index (χ3v) is 5.55. The zero-order valence-electron chi connectivity index (χ0n) is 17.0. The van der Waals surface area contributed by atoms with Crippen molar-refractivity contribution in [3.05, 3.63) is 70.0 Å². The van der Waals surface area contributed by atoms with Crippen LogP contribution in [-0.4, -0.2) is 46.5 Å². The first-order valence-electron chi connectivity index (χ1n) is 9.90. The lowest BCUT2D eigenvalue weighted by molar-refractivity contribution is -0.141. The number of nitrogens with zero attached hydrogens (tertiary/aromatic N) is 3. The number of carbonyl (C=O) groups excluding carboxylic acids is 1. The summed E-state index contributed by atoms with van der Waals surface area (Å²) in [6, 6.07) is 7.09. The molecule has 0 bridgehead atoms. The zero-order chi connectivity index (χ0) is 23.0. The van der Waals surface area contributed by atoms with E-state index in [0.29, 0.717) is 32.0 Å². The number of likely N-dealkylation sites (tertiary alicyclic amines) is 1. The first kappa shape index (κ1) is 21.9. The molecular weight excluding hydrogens is 430 g/mol. The Hall–Kier alpha value is -3.27. The van der Waals surface area contributed by atoms with Gasteiger partial charge < -0.3 is 9.64 Å². The summed E-state index contributed by atoms with van der Waals surface area (Å²) < 4.78 is 60.5. The second kappa shape index (κ2) is 8.34. The Morgan fingerprint density at radius 3 is 2.50 bits per heavy atom. The van der Waals surface area contributed by atoms with Crippen LogP contribution < -0.4 is 5.56 Å². The van der Waals surface area contributed by atoms with Crippen molar-refractivity contribution in [2.75, 3.05) is 20.2 Å². The molecule has 2 aromatic heterocycles. The van der Waals surface area contributed by atoms with Crippen LogP contribution in [0.1, 0.15) is 28.9 Å². The van der Waals surface area contributed by atoms with Crippen LogP contribution in [0, 0.1) is 5.82 Å². The third-order valence-electron chi connectivity index (χ3n) is 5.55. The molecule has 4 rings (SSSR count). The summed E-state index contributed by atoms with van der Waals surface area (Å²) in [4.78, 5) is 30.0. The van der Waals surface area contributed by atoms with Crippen LogP contribution in [0.25, 0.3) is 16.8 Å². The number of hydrogen-bond acceptors (Lipinski definition) is 4. The van der Waals surface area contributed by atoms with E-state index < -0.39 is 29.2 Å². The Morgan fingerprint density at radius 1 is 1.16 bits per heavy atom. The van der Waals surface area contributed by atoms with E-state index in [1.807, 2.05) is 0 Å². The fraction of sp³-hybridized carbons (Fsp3) is 0.318. The molecule has 0 radical (unpaired) electrons. The Kier molecular flexibility index (Phi) is 5.72. The summed E-state index contributed by atoms with van der Waals surface area (Å²) in [6.45, 7) is 0.879. The molecule has 6 nitrogen and oxygen atoms in total. The highest BCUT2D eigenvalue weighted by Crippen LogP contribution is 2.30. The topological polar surface area (TPSA) is 63.9 Å². The highest BCUT2D eigenvalue weighted by molar-refractivity contribution is 5.95. The predicted molar refractivity (Wildman–Crippen MR) is 108 cm³/mol. The van der Waals surface area contributed by atoms with Crippen molar-refractivity contribution in [2.45, 2.75) is 25.1 Å². The first-order valence-corrected chi connectivity index (χ1v) is 9.90. The van der Waals surface area contributed by atoms with E-state index in [2.05, 4.69) is 4.98 Å². The van der Waals surface area contributed by atoms with Gasteiger partial charge in [0.1, 0.15) is 11.5 Å². The van der Waals surface area contributed by atoms with Crippen molar-refractivity contribution < 1.29 is 27.1 Å². The number of alkyl halides is 3. The van der Waals surface area contributed by atoms with Gasteiger partial charge in [0, 0.05) is 38.0 Å². The Bertz CT molecular complexity index is 1230. The number of aromatic nitrogens is 2. The molecule has 0 aliphatic carbocycles. The van der Waals surface area contributed by atoms with Gasteiger partial charge in [-0.2, -0.15) is 13.2 Å². The van der Waals surface area contributed by atoms with Crippen LogP contribution in [0.4, 0.5) is 17.6 Å². The molecular formula is C22H19F4N3O3. The number of hydrogen-bond donors (Lipinski definition) is 0. The smallest absolute Gasteiger partial charge is 0.381 e. The minimum absolute atomic E-state index is 0.0649. The van der Waals surface area contributed by atoms with E-state index in [1.54, 1.807) is 12.0 Å². The molecule has 3 heterocycles. The SMILES string of the molecule is COC1CCN(C(=O)c2ccc(-c3cccn4c(=O)cc(C(F)(F)F)nc34)cc2F)CC1. The van der Waals surface area contributed by atoms with Crippen LogP contribution in [0.5, 0.6) is 0 Å². The van der Waals surface area contributed by atoms with Gasteiger partial charge in [0.15, 0.2) is 5.69 Å². The molecule has 1 aliphatic heterocycles. The van der Waals surface area contributed by atoms with E-state index in [4.69, 9.17) is 4.74 Å². The molecule has 0 atom stereocenters. The molecule has 0 N–H and O–H groups in total. The van der Waals surface area contributed by atoms with Gasteiger partial charge in [-0.25, -0.2) is 9.37 Å². The maximum Gasteiger partial charge on any atom is 0.433 e. The summed E-state index contributed by atoms with van der Waals surface area (Å²) in [5.41, 5.74) is -2.30. The Balaban J connectivity index is 1.71. The summed E-state index contributed by atoms with van der Waals surface area (Å²) in [6.07, 6.45) is -2.15. The Labute approximate surface area is 180 Å². The van der Waals surface area contributed by atoms with E-state index in [1.165, 1.54) is 30.5 Å². The molecule has 0 spiro atoms. The second-order valence-electron chi connectivity index (χ2n) is 7.51. The lowest BCUT2D eigenvalue weighted by Crippen LogP contribution is -2.40. The number of pyridine rings is 1. The second-order valence-corrected chi connectivity index (χ2v) is 7.51. The molecule has 10 heteroatoms. The van der Waals surface area contributed by atoms with Crippen molar-refractivity contribution in [3.63, 3.8) is 0 Å². The number of fused-ring (bicyclic) bond motifs is 1. The summed E-state index contributed by atoms with van der Waals surface area (Å²) >= 11 is 0. The molecule has 1 saturated heterocycles. The Morgan fingerprint density at radius 2 is 1.88 bits per heavy atom. The van der Waals surface area contributed by atoms with Crippen LogP contribution >= 0.6 is 0 Å². The van der Waals surface area contributed by atoms with Crippen LogP contribution in [-0.2, 0) is 10.9 Å². The van der Waals surface area contributed by atoms with Gasteiger partial charge in [0.2, 0.25) is 0 Å². The largest absolute Gasteiger partial charge is 0.433 e. The minimum atomic E-state index is -4.81. The van der Waals surface area contributed by atoms with E-state index >= 15 is 0 Å². The lowest BCUT2D eigenvalue weighted by atomic mass is 10.0. The van der Waals surface area contributed by atoms with Crippen LogP contribution in [0.3, 0.4) is 0 Å². The van der Waals surface area contributed by atoms with Gasteiger partial charge in [-0.05, 0) is 42.7 Å². The molecule has 0 unspecified atom stereocenters.